The van der Waals surface area contributed by atoms with E-state index in [2.05, 4.69) is 11.0 Å². The first-order chi connectivity index (χ1) is 8.76. The minimum atomic E-state index is -0.330. The fourth-order valence-corrected chi connectivity index (χ4v) is 2.07. The Balaban J connectivity index is 2.24. The fraction of sp³-hybridized carbons (Fsp3) is 0.462. The Hall–Kier alpha value is -1.77. The van der Waals surface area contributed by atoms with Gasteiger partial charge in [-0.2, -0.15) is 5.26 Å². The highest BCUT2D eigenvalue weighted by atomic mass is 16.5. The van der Waals surface area contributed by atoms with Gasteiger partial charge in [0.25, 0.3) is 0 Å². The Kier molecular flexibility index (Phi) is 4.03. The van der Waals surface area contributed by atoms with Crippen molar-refractivity contribution in [2.75, 3.05) is 33.4 Å². The van der Waals surface area contributed by atoms with Gasteiger partial charge in [-0.3, -0.25) is 4.90 Å². The van der Waals surface area contributed by atoms with Crippen LogP contribution < -0.4 is 4.74 Å². The number of nitriles is 1. The van der Waals surface area contributed by atoms with Crippen LogP contribution in [-0.4, -0.2) is 43.4 Å². The molecule has 18 heavy (non-hydrogen) atoms. The van der Waals surface area contributed by atoms with E-state index in [1.165, 1.54) is 7.11 Å². The molecule has 0 aliphatic carbocycles. The third-order valence-electron chi connectivity index (χ3n) is 3.05. The quantitative estimate of drug-likeness (QED) is 0.873. The highest BCUT2D eigenvalue weighted by Crippen LogP contribution is 2.31. The Morgan fingerprint density at radius 2 is 2.17 bits per heavy atom. The van der Waals surface area contributed by atoms with Gasteiger partial charge in [-0.15, -0.1) is 0 Å². The summed E-state index contributed by atoms with van der Waals surface area (Å²) < 4.78 is 10.3. The van der Waals surface area contributed by atoms with Crippen molar-refractivity contribution in [3.63, 3.8) is 0 Å². The molecule has 1 aromatic carbocycles. The van der Waals surface area contributed by atoms with Gasteiger partial charge in [0.2, 0.25) is 0 Å². The Bertz CT molecular complexity index is 450. The number of hydrogen-bond acceptors (Lipinski definition) is 5. The van der Waals surface area contributed by atoms with Crippen molar-refractivity contribution in [1.82, 2.24) is 4.90 Å². The molecule has 2 rings (SSSR count). The molecule has 1 aliphatic rings. The summed E-state index contributed by atoms with van der Waals surface area (Å²) in [6, 6.07) is 6.97. The van der Waals surface area contributed by atoms with E-state index in [-0.39, 0.29) is 11.8 Å². The predicted molar refractivity (Wildman–Crippen MR) is 65.4 cm³/mol. The van der Waals surface area contributed by atoms with Gasteiger partial charge >= 0.3 is 0 Å². The normalized spacial score (nSPS) is 18.0. The minimum absolute atomic E-state index is 0.0833. The smallest absolute Gasteiger partial charge is 0.160 e. The first-order valence-corrected chi connectivity index (χ1v) is 5.84. The van der Waals surface area contributed by atoms with Crippen LogP contribution in [-0.2, 0) is 4.74 Å². The summed E-state index contributed by atoms with van der Waals surface area (Å²) in [5, 5.41) is 18.9. The maximum Gasteiger partial charge on any atom is 0.160 e. The van der Waals surface area contributed by atoms with Gasteiger partial charge in [0, 0.05) is 13.1 Å². The lowest BCUT2D eigenvalue weighted by atomic mass is 10.1. The van der Waals surface area contributed by atoms with Crippen molar-refractivity contribution in [2.24, 2.45) is 0 Å². The van der Waals surface area contributed by atoms with Gasteiger partial charge in [-0.1, -0.05) is 6.07 Å². The molecule has 0 saturated carbocycles. The second-order valence-corrected chi connectivity index (χ2v) is 4.11. The highest BCUT2D eigenvalue weighted by molar-refractivity contribution is 5.43. The molecule has 0 aromatic heterocycles. The first-order valence-electron chi connectivity index (χ1n) is 5.84. The molecule has 1 N–H and O–H groups in total. The van der Waals surface area contributed by atoms with Crippen LogP contribution in [0, 0.1) is 11.3 Å². The first kappa shape index (κ1) is 12.7. The zero-order valence-corrected chi connectivity index (χ0v) is 10.3. The van der Waals surface area contributed by atoms with E-state index in [1.54, 1.807) is 18.2 Å². The van der Waals surface area contributed by atoms with Gasteiger partial charge in [0.1, 0.15) is 6.04 Å². The van der Waals surface area contributed by atoms with Crippen LogP contribution in [0.1, 0.15) is 11.6 Å². The lowest BCUT2D eigenvalue weighted by Crippen LogP contribution is -2.38. The number of hydrogen-bond donors (Lipinski definition) is 1. The Morgan fingerprint density at radius 3 is 2.78 bits per heavy atom. The number of nitrogens with zero attached hydrogens (tertiary/aromatic N) is 2. The third kappa shape index (κ3) is 2.55. The molecule has 0 bridgehead atoms. The zero-order chi connectivity index (χ0) is 13.0. The molecular weight excluding hydrogens is 232 g/mol. The Morgan fingerprint density at radius 1 is 1.44 bits per heavy atom. The monoisotopic (exact) mass is 248 g/mol. The highest BCUT2D eigenvalue weighted by Gasteiger charge is 2.23. The number of methoxy groups -OCH3 is 1. The van der Waals surface area contributed by atoms with Gasteiger partial charge in [-0.25, -0.2) is 0 Å². The number of phenols is 1. The number of morpholine rings is 1. The average molecular weight is 248 g/mol. The molecule has 1 atom stereocenters. The SMILES string of the molecule is COc1cc([C@H](C#N)N2CCOCC2)ccc1O. The largest absolute Gasteiger partial charge is 0.504 e. The van der Waals surface area contributed by atoms with Gasteiger partial charge < -0.3 is 14.6 Å². The molecule has 0 radical (unpaired) electrons. The average Bonchev–Trinajstić information content (AvgIpc) is 2.42. The fourth-order valence-electron chi connectivity index (χ4n) is 2.07. The van der Waals surface area contributed by atoms with E-state index in [4.69, 9.17) is 9.47 Å². The molecule has 0 spiro atoms. The lowest BCUT2D eigenvalue weighted by molar-refractivity contribution is 0.0266. The lowest BCUT2D eigenvalue weighted by Gasteiger charge is -2.30. The molecule has 5 heteroatoms. The zero-order valence-electron chi connectivity index (χ0n) is 10.3. The molecule has 1 aromatic rings. The van der Waals surface area contributed by atoms with E-state index in [0.717, 1.165) is 18.7 Å². The van der Waals surface area contributed by atoms with Crippen LogP contribution >= 0.6 is 0 Å². The number of ether oxygens (including phenoxy) is 2. The number of phenolic OH excluding ortho intramolecular Hbond substituents is 1. The molecule has 96 valence electrons. The summed E-state index contributed by atoms with van der Waals surface area (Å²) in [7, 11) is 1.49. The summed E-state index contributed by atoms with van der Waals surface area (Å²) in [6.45, 7) is 2.77. The number of benzene rings is 1. The predicted octanol–water partition coefficient (Wildman–Crippen LogP) is 1.30. The topological polar surface area (TPSA) is 65.7 Å². The molecule has 5 nitrogen and oxygen atoms in total. The summed E-state index contributed by atoms with van der Waals surface area (Å²) in [4.78, 5) is 2.06. The van der Waals surface area contributed by atoms with E-state index >= 15 is 0 Å². The van der Waals surface area contributed by atoms with E-state index in [0.29, 0.717) is 19.0 Å². The second kappa shape index (κ2) is 5.71. The van der Waals surface area contributed by atoms with Crippen molar-refractivity contribution in [1.29, 1.82) is 5.26 Å². The molecule has 1 fully saturated rings. The molecular formula is C13H16N2O3. The van der Waals surface area contributed by atoms with E-state index in [9.17, 15) is 10.4 Å². The number of rotatable bonds is 3. The summed E-state index contributed by atoms with van der Waals surface area (Å²) in [5.41, 5.74) is 0.828. The van der Waals surface area contributed by atoms with Crippen LogP contribution in [0.15, 0.2) is 18.2 Å². The summed E-state index contributed by atoms with van der Waals surface area (Å²) >= 11 is 0. The van der Waals surface area contributed by atoms with Gasteiger partial charge in [0.05, 0.1) is 26.4 Å². The van der Waals surface area contributed by atoms with Crippen LogP contribution in [0.25, 0.3) is 0 Å². The molecule has 0 amide bonds. The summed E-state index contributed by atoms with van der Waals surface area (Å²) in [5.74, 6) is 0.473. The maximum atomic E-state index is 9.56. The van der Waals surface area contributed by atoms with Crippen LogP contribution in [0.3, 0.4) is 0 Å². The van der Waals surface area contributed by atoms with Crippen LogP contribution in [0.5, 0.6) is 11.5 Å². The van der Waals surface area contributed by atoms with Crippen molar-refractivity contribution < 1.29 is 14.6 Å². The molecule has 1 heterocycles. The van der Waals surface area contributed by atoms with Crippen LogP contribution in [0.2, 0.25) is 0 Å². The van der Waals surface area contributed by atoms with E-state index in [1.807, 2.05) is 0 Å². The summed E-state index contributed by atoms with van der Waals surface area (Å²) in [6.07, 6.45) is 0. The Labute approximate surface area is 106 Å². The van der Waals surface area contributed by atoms with Gasteiger partial charge in [-0.05, 0) is 17.7 Å². The third-order valence-corrected chi connectivity index (χ3v) is 3.05. The molecule has 1 saturated heterocycles. The van der Waals surface area contributed by atoms with Crippen molar-refractivity contribution in [3.8, 4) is 17.6 Å². The molecule has 0 unspecified atom stereocenters. The molecule has 1 aliphatic heterocycles. The van der Waals surface area contributed by atoms with Gasteiger partial charge in [0.15, 0.2) is 11.5 Å². The van der Waals surface area contributed by atoms with Crippen LogP contribution in [0.4, 0.5) is 0 Å². The minimum Gasteiger partial charge on any atom is -0.504 e. The van der Waals surface area contributed by atoms with Crippen molar-refractivity contribution in [2.45, 2.75) is 6.04 Å². The van der Waals surface area contributed by atoms with Crippen molar-refractivity contribution >= 4 is 0 Å². The van der Waals surface area contributed by atoms with E-state index < -0.39 is 0 Å². The standard InChI is InChI=1S/C13H16N2O3/c1-17-13-8-10(2-3-12(13)16)11(9-14)15-4-6-18-7-5-15/h2-3,8,11,16H,4-7H2,1H3/t11-/m0/s1. The van der Waals surface area contributed by atoms with Crippen molar-refractivity contribution in [3.05, 3.63) is 23.8 Å². The maximum absolute atomic E-state index is 9.56. The second-order valence-electron chi connectivity index (χ2n) is 4.11. The number of aromatic hydroxyl groups is 1.